The molecule has 1 amide bonds. The fourth-order valence-electron chi connectivity index (χ4n) is 4.01. The molecule has 0 saturated carbocycles. The summed E-state index contributed by atoms with van der Waals surface area (Å²) in [7, 11) is 1.47. The molecule has 4 nitrogen and oxygen atoms in total. The zero-order chi connectivity index (χ0) is 17.6. The lowest BCUT2D eigenvalue weighted by molar-refractivity contribution is 0.0798. The number of rotatable bonds is 5. The molecule has 1 aromatic carbocycles. The Morgan fingerprint density at radius 2 is 2.28 bits per heavy atom. The van der Waals surface area contributed by atoms with E-state index in [0.717, 1.165) is 25.8 Å². The Hall–Kier alpha value is -1.46. The molecule has 2 atom stereocenters. The number of amides is 1. The molecule has 5 heteroatoms. The maximum Gasteiger partial charge on any atom is 0.409 e. The van der Waals surface area contributed by atoms with Crippen molar-refractivity contribution in [1.82, 2.24) is 9.62 Å². The van der Waals surface area contributed by atoms with Crippen LogP contribution in [0.1, 0.15) is 43.2 Å². The van der Waals surface area contributed by atoms with E-state index in [9.17, 15) is 4.79 Å². The molecule has 1 aromatic rings. The number of ether oxygens (including phenoxy) is 1. The van der Waals surface area contributed by atoms with E-state index in [4.69, 9.17) is 4.74 Å². The molecule has 1 fully saturated rings. The summed E-state index contributed by atoms with van der Waals surface area (Å²) in [6.07, 6.45) is 10.8. The van der Waals surface area contributed by atoms with Crippen LogP contribution in [0.25, 0.3) is 5.57 Å². The summed E-state index contributed by atoms with van der Waals surface area (Å²) in [5, 5.41) is 0. The van der Waals surface area contributed by atoms with E-state index in [1.165, 1.54) is 43.1 Å². The van der Waals surface area contributed by atoms with Crippen molar-refractivity contribution in [3.05, 3.63) is 41.5 Å². The summed E-state index contributed by atoms with van der Waals surface area (Å²) in [4.78, 5) is 14.2. The quantitative estimate of drug-likeness (QED) is 0.797. The van der Waals surface area contributed by atoms with Gasteiger partial charge in [0.05, 0.1) is 13.2 Å². The van der Waals surface area contributed by atoms with Gasteiger partial charge in [0, 0.05) is 12.6 Å². The van der Waals surface area contributed by atoms with Crippen molar-refractivity contribution in [2.45, 2.75) is 50.6 Å². The lowest BCUT2D eigenvalue weighted by atomic mass is 9.90. The molecule has 25 heavy (non-hydrogen) atoms. The lowest BCUT2D eigenvalue weighted by Crippen LogP contribution is -2.55. The molecule has 0 spiro atoms. The van der Waals surface area contributed by atoms with Gasteiger partial charge in [-0.25, -0.2) is 4.79 Å². The van der Waals surface area contributed by atoms with E-state index in [1.807, 2.05) is 11.2 Å². The number of nitrogens with one attached hydrogen (secondary N) is 1. The van der Waals surface area contributed by atoms with Crippen LogP contribution in [0.15, 0.2) is 30.3 Å². The Bertz CT molecular complexity index is 630. The number of hydrogen-bond donors (Lipinski definition) is 1. The fourth-order valence-corrected chi connectivity index (χ4v) is 4.59. The van der Waals surface area contributed by atoms with Gasteiger partial charge in [0.1, 0.15) is 0 Å². The average molecular weight is 361 g/mol. The molecule has 1 saturated heterocycles. The standard InChI is InChI=1S/C20H28N2O2S/c1-24-20(23)22-12-6-11-18(21-25-2)19(22)14-15-7-5-10-17(13-15)16-8-3-4-9-16/h5,7-8,10,13,18-19,21H,3-4,6,9,11-12,14H2,1-2H3. The summed E-state index contributed by atoms with van der Waals surface area (Å²) < 4.78 is 8.52. The molecule has 1 N–H and O–H groups in total. The van der Waals surface area contributed by atoms with Crippen LogP contribution in [-0.2, 0) is 11.2 Å². The number of likely N-dealkylation sites (tertiary alicyclic amines) is 1. The first-order valence-electron chi connectivity index (χ1n) is 9.14. The second kappa shape index (κ2) is 8.77. The van der Waals surface area contributed by atoms with Gasteiger partial charge in [-0.05, 0) is 61.5 Å². The van der Waals surface area contributed by atoms with Crippen molar-refractivity contribution in [3.63, 3.8) is 0 Å². The monoisotopic (exact) mass is 360 g/mol. The summed E-state index contributed by atoms with van der Waals surface area (Å²) in [5.74, 6) is 0. The van der Waals surface area contributed by atoms with Gasteiger partial charge >= 0.3 is 6.09 Å². The molecule has 0 bridgehead atoms. The van der Waals surface area contributed by atoms with Crippen molar-refractivity contribution in [3.8, 4) is 0 Å². The van der Waals surface area contributed by atoms with Crippen molar-refractivity contribution in [2.24, 2.45) is 0 Å². The second-order valence-corrected chi connectivity index (χ2v) is 7.47. The van der Waals surface area contributed by atoms with E-state index in [1.54, 1.807) is 11.9 Å². The SMILES string of the molecule is COC(=O)N1CCCC(NSC)C1Cc1cccc(C2=CCCC2)c1. The number of hydrogen-bond acceptors (Lipinski definition) is 4. The lowest BCUT2D eigenvalue weighted by Gasteiger charge is -2.40. The van der Waals surface area contributed by atoms with Crippen LogP contribution in [-0.4, -0.2) is 43.0 Å². The number of piperidine rings is 1. The number of carbonyl (C=O) groups is 1. The number of methoxy groups -OCH3 is 1. The van der Waals surface area contributed by atoms with Gasteiger partial charge in [-0.2, -0.15) is 0 Å². The molecule has 0 aromatic heterocycles. The highest BCUT2D eigenvalue weighted by atomic mass is 32.2. The Morgan fingerprint density at radius 1 is 1.40 bits per heavy atom. The first-order chi connectivity index (χ1) is 12.2. The number of nitrogens with zero attached hydrogens (tertiary/aromatic N) is 1. The van der Waals surface area contributed by atoms with Gasteiger partial charge in [-0.3, -0.25) is 4.72 Å². The Kier molecular flexibility index (Phi) is 6.43. The molecular weight excluding hydrogens is 332 g/mol. The van der Waals surface area contributed by atoms with E-state index in [-0.39, 0.29) is 18.2 Å². The third-order valence-electron chi connectivity index (χ3n) is 5.24. The zero-order valence-electron chi connectivity index (χ0n) is 15.2. The van der Waals surface area contributed by atoms with Crippen molar-refractivity contribution >= 4 is 23.6 Å². The molecule has 1 aliphatic heterocycles. The van der Waals surface area contributed by atoms with E-state index in [0.29, 0.717) is 0 Å². The maximum atomic E-state index is 12.3. The minimum Gasteiger partial charge on any atom is -0.453 e. The average Bonchev–Trinajstić information content (AvgIpc) is 3.18. The normalized spacial score (nSPS) is 23.4. The minimum atomic E-state index is -0.216. The van der Waals surface area contributed by atoms with Crippen LogP contribution < -0.4 is 4.72 Å². The maximum absolute atomic E-state index is 12.3. The Labute approximate surface area is 155 Å². The van der Waals surface area contributed by atoms with Gasteiger partial charge in [0.2, 0.25) is 0 Å². The van der Waals surface area contributed by atoms with Crippen LogP contribution in [0.5, 0.6) is 0 Å². The van der Waals surface area contributed by atoms with Crippen LogP contribution in [0.2, 0.25) is 0 Å². The van der Waals surface area contributed by atoms with Gasteiger partial charge in [0.15, 0.2) is 0 Å². The molecule has 2 aliphatic rings. The Morgan fingerprint density at radius 3 is 3.00 bits per heavy atom. The van der Waals surface area contributed by atoms with Gasteiger partial charge in [0.25, 0.3) is 0 Å². The molecule has 1 aliphatic carbocycles. The van der Waals surface area contributed by atoms with Crippen LogP contribution in [0.3, 0.4) is 0 Å². The van der Waals surface area contributed by atoms with Crippen molar-refractivity contribution in [2.75, 3.05) is 19.9 Å². The summed E-state index contributed by atoms with van der Waals surface area (Å²) in [5.41, 5.74) is 4.10. The van der Waals surface area contributed by atoms with Crippen LogP contribution in [0, 0.1) is 0 Å². The largest absolute Gasteiger partial charge is 0.453 e. The molecule has 1 heterocycles. The molecule has 0 radical (unpaired) electrons. The zero-order valence-corrected chi connectivity index (χ0v) is 16.0. The van der Waals surface area contributed by atoms with Crippen molar-refractivity contribution < 1.29 is 9.53 Å². The first kappa shape index (κ1) is 18.3. The smallest absolute Gasteiger partial charge is 0.409 e. The van der Waals surface area contributed by atoms with Crippen LogP contribution in [0.4, 0.5) is 4.79 Å². The molecule has 2 unspecified atom stereocenters. The number of allylic oxidation sites excluding steroid dienone is 2. The summed E-state index contributed by atoms with van der Waals surface area (Å²) >= 11 is 1.63. The molecular formula is C20H28N2O2S. The van der Waals surface area contributed by atoms with E-state index in [2.05, 4.69) is 35.1 Å². The number of carbonyl (C=O) groups excluding carboxylic acids is 1. The first-order valence-corrected chi connectivity index (χ1v) is 10.4. The summed E-state index contributed by atoms with van der Waals surface area (Å²) in [6, 6.07) is 9.25. The third-order valence-corrected chi connectivity index (χ3v) is 5.78. The fraction of sp³-hybridized carbons (Fsp3) is 0.550. The Balaban J connectivity index is 1.81. The predicted molar refractivity (Wildman–Crippen MR) is 105 cm³/mol. The van der Waals surface area contributed by atoms with Gasteiger partial charge < -0.3 is 9.64 Å². The van der Waals surface area contributed by atoms with E-state index < -0.39 is 0 Å². The highest BCUT2D eigenvalue weighted by molar-refractivity contribution is 7.96. The summed E-state index contributed by atoms with van der Waals surface area (Å²) in [6.45, 7) is 0.773. The van der Waals surface area contributed by atoms with Gasteiger partial charge in [-0.15, -0.1) is 0 Å². The van der Waals surface area contributed by atoms with Gasteiger partial charge in [-0.1, -0.05) is 42.3 Å². The second-order valence-electron chi connectivity index (χ2n) is 6.83. The molecule has 3 rings (SSSR count). The van der Waals surface area contributed by atoms with Crippen molar-refractivity contribution in [1.29, 1.82) is 0 Å². The third kappa shape index (κ3) is 4.39. The minimum absolute atomic E-state index is 0.126. The highest BCUT2D eigenvalue weighted by Crippen LogP contribution is 2.29. The van der Waals surface area contributed by atoms with E-state index >= 15 is 0 Å². The highest BCUT2D eigenvalue weighted by Gasteiger charge is 2.34. The van der Waals surface area contributed by atoms with Crippen LogP contribution >= 0.6 is 11.9 Å². The topological polar surface area (TPSA) is 41.6 Å². The number of benzene rings is 1. The molecule has 136 valence electrons. The predicted octanol–water partition coefficient (Wildman–Crippen LogP) is 4.26.